The third-order valence-corrected chi connectivity index (χ3v) is 2.12. The quantitative estimate of drug-likeness (QED) is 0.788. The van der Waals surface area contributed by atoms with Gasteiger partial charge in [0.05, 0.1) is 6.20 Å². The van der Waals surface area contributed by atoms with Crippen LogP contribution in [0.5, 0.6) is 0 Å². The number of hydrogen-bond acceptors (Lipinski definition) is 4. The van der Waals surface area contributed by atoms with E-state index >= 15 is 0 Å². The molecule has 1 rings (SSSR count). The van der Waals surface area contributed by atoms with Crippen LogP contribution < -0.4 is 0 Å². The average molecular weight is 240 g/mol. The summed E-state index contributed by atoms with van der Waals surface area (Å²) in [6.07, 6.45) is 1.24. The van der Waals surface area contributed by atoms with Crippen LogP contribution in [0.2, 0.25) is 0 Å². The Hall–Kier alpha value is -1.92. The summed E-state index contributed by atoms with van der Waals surface area (Å²) in [5.74, 6) is -0.894. The summed E-state index contributed by atoms with van der Waals surface area (Å²) >= 11 is 0. The Labute approximate surface area is 99.0 Å². The van der Waals surface area contributed by atoms with Gasteiger partial charge in [-0.2, -0.15) is 0 Å². The molecule has 0 spiro atoms. The van der Waals surface area contributed by atoms with Crippen molar-refractivity contribution in [1.82, 2.24) is 19.9 Å². The zero-order valence-corrected chi connectivity index (χ0v) is 10.1. The standard InChI is InChI=1S/C10H16N4O3/c1-7(2)4-13(3)9(15)6-14-5-8(10(16)17)11-12-14/h5,7H,4,6H2,1-3H3,(H,16,17). The monoisotopic (exact) mass is 240 g/mol. The summed E-state index contributed by atoms with van der Waals surface area (Å²) in [4.78, 5) is 23.9. The first-order chi connectivity index (χ1) is 7.90. The molecule has 0 unspecified atom stereocenters. The molecule has 17 heavy (non-hydrogen) atoms. The van der Waals surface area contributed by atoms with Crippen LogP contribution in [-0.4, -0.2) is 50.5 Å². The first kappa shape index (κ1) is 13.1. The number of amides is 1. The molecule has 1 N–H and O–H groups in total. The van der Waals surface area contributed by atoms with Gasteiger partial charge in [-0.3, -0.25) is 4.79 Å². The molecule has 0 fully saturated rings. The van der Waals surface area contributed by atoms with Gasteiger partial charge in [0.15, 0.2) is 5.69 Å². The van der Waals surface area contributed by atoms with E-state index in [1.807, 2.05) is 13.8 Å². The second-order valence-corrected chi connectivity index (χ2v) is 4.27. The summed E-state index contributed by atoms with van der Waals surface area (Å²) in [6.45, 7) is 4.69. The van der Waals surface area contributed by atoms with Crippen molar-refractivity contribution < 1.29 is 14.7 Å². The second-order valence-electron chi connectivity index (χ2n) is 4.27. The first-order valence-corrected chi connectivity index (χ1v) is 5.27. The molecule has 0 saturated heterocycles. The van der Waals surface area contributed by atoms with Gasteiger partial charge in [-0.15, -0.1) is 5.10 Å². The number of aromatic nitrogens is 3. The van der Waals surface area contributed by atoms with E-state index in [0.29, 0.717) is 12.5 Å². The molecule has 0 bridgehead atoms. The maximum Gasteiger partial charge on any atom is 0.358 e. The molecule has 94 valence electrons. The van der Waals surface area contributed by atoms with Crippen molar-refractivity contribution in [1.29, 1.82) is 0 Å². The molecule has 1 aromatic rings. The van der Waals surface area contributed by atoms with E-state index in [1.165, 1.54) is 10.9 Å². The lowest BCUT2D eigenvalue weighted by atomic mass is 10.2. The van der Waals surface area contributed by atoms with Crippen LogP contribution in [-0.2, 0) is 11.3 Å². The summed E-state index contributed by atoms with van der Waals surface area (Å²) in [7, 11) is 1.71. The van der Waals surface area contributed by atoms with Gasteiger partial charge < -0.3 is 10.0 Å². The number of rotatable bonds is 5. The molecule has 0 aromatic carbocycles. The zero-order valence-electron chi connectivity index (χ0n) is 10.1. The van der Waals surface area contributed by atoms with E-state index in [0.717, 1.165) is 0 Å². The third-order valence-electron chi connectivity index (χ3n) is 2.12. The fraction of sp³-hybridized carbons (Fsp3) is 0.600. The number of carbonyl (C=O) groups excluding carboxylic acids is 1. The lowest BCUT2D eigenvalue weighted by Gasteiger charge is -2.18. The second kappa shape index (κ2) is 5.42. The molecule has 1 heterocycles. The number of hydrogen-bond donors (Lipinski definition) is 1. The Morgan fingerprint density at radius 1 is 1.53 bits per heavy atom. The van der Waals surface area contributed by atoms with Gasteiger partial charge in [0.1, 0.15) is 6.54 Å². The highest BCUT2D eigenvalue weighted by Gasteiger charge is 2.14. The molecule has 0 aliphatic rings. The van der Waals surface area contributed by atoms with Gasteiger partial charge in [-0.1, -0.05) is 19.1 Å². The topological polar surface area (TPSA) is 88.3 Å². The first-order valence-electron chi connectivity index (χ1n) is 5.27. The van der Waals surface area contributed by atoms with E-state index in [9.17, 15) is 9.59 Å². The summed E-state index contributed by atoms with van der Waals surface area (Å²) in [5, 5.41) is 15.7. The van der Waals surface area contributed by atoms with Crippen molar-refractivity contribution >= 4 is 11.9 Å². The van der Waals surface area contributed by atoms with Gasteiger partial charge in [-0.05, 0) is 5.92 Å². The molecule has 7 nitrogen and oxygen atoms in total. The Balaban J connectivity index is 2.58. The van der Waals surface area contributed by atoms with Gasteiger partial charge in [0.2, 0.25) is 5.91 Å². The minimum atomic E-state index is -1.15. The molecule has 0 radical (unpaired) electrons. The van der Waals surface area contributed by atoms with Gasteiger partial charge >= 0.3 is 5.97 Å². The van der Waals surface area contributed by atoms with Crippen molar-refractivity contribution in [2.24, 2.45) is 5.92 Å². The molecule has 0 aliphatic heterocycles. The largest absolute Gasteiger partial charge is 0.476 e. The van der Waals surface area contributed by atoms with E-state index in [4.69, 9.17) is 5.11 Å². The molecule has 0 saturated carbocycles. The smallest absolute Gasteiger partial charge is 0.358 e. The Morgan fingerprint density at radius 2 is 2.18 bits per heavy atom. The molecule has 0 aliphatic carbocycles. The van der Waals surface area contributed by atoms with Crippen molar-refractivity contribution in [3.05, 3.63) is 11.9 Å². The van der Waals surface area contributed by atoms with Crippen LogP contribution in [0.3, 0.4) is 0 Å². The van der Waals surface area contributed by atoms with Crippen LogP contribution in [0.1, 0.15) is 24.3 Å². The molecule has 1 amide bonds. The Bertz CT molecular complexity index is 413. The van der Waals surface area contributed by atoms with Crippen molar-refractivity contribution in [2.75, 3.05) is 13.6 Å². The van der Waals surface area contributed by atoms with Crippen molar-refractivity contribution in [3.8, 4) is 0 Å². The summed E-state index contributed by atoms with van der Waals surface area (Å²) in [6, 6.07) is 0. The fourth-order valence-electron chi connectivity index (χ4n) is 1.38. The van der Waals surface area contributed by atoms with Crippen molar-refractivity contribution in [3.63, 3.8) is 0 Å². The highest BCUT2D eigenvalue weighted by atomic mass is 16.4. The SMILES string of the molecule is CC(C)CN(C)C(=O)Cn1cc(C(=O)O)nn1. The maximum absolute atomic E-state index is 11.7. The van der Waals surface area contributed by atoms with Crippen LogP contribution in [0.15, 0.2) is 6.20 Å². The minimum Gasteiger partial charge on any atom is -0.476 e. The lowest BCUT2D eigenvalue weighted by molar-refractivity contribution is -0.131. The van der Waals surface area contributed by atoms with Crippen molar-refractivity contribution in [2.45, 2.75) is 20.4 Å². The van der Waals surface area contributed by atoms with E-state index < -0.39 is 5.97 Å². The van der Waals surface area contributed by atoms with Crippen LogP contribution in [0, 0.1) is 5.92 Å². The molecular weight excluding hydrogens is 224 g/mol. The highest BCUT2D eigenvalue weighted by molar-refractivity contribution is 5.84. The van der Waals surface area contributed by atoms with E-state index in [1.54, 1.807) is 11.9 Å². The number of aromatic carboxylic acids is 1. The summed E-state index contributed by atoms with van der Waals surface area (Å²) < 4.78 is 1.22. The molecular formula is C10H16N4O3. The minimum absolute atomic E-state index is 0.00347. The lowest BCUT2D eigenvalue weighted by Crippen LogP contribution is -2.33. The normalized spacial score (nSPS) is 10.6. The highest BCUT2D eigenvalue weighted by Crippen LogP contribution is 1.99. The number of likely N-dealkylation sites (N-methyl/N-ethyl adjacent to an activating group) is 1. The van der Waals surface area contributed by atoms with E-state index in [2.05, 4.69) is 10.3 Å². The van der Waals surface area contributed by atoms with Crippen LogP contribution >= 0.6 is 0 Å². The fourth-order valence-corrected chi connectivity index (χ4v) is 1.38. The Morgan fingerprint density at radius 3 is 2.65 bits per heavy atom. The average Bonchev–Trinajstić information content (AvgIpc) is 2.65. The van der Waals surface area contributed by atoms with Gasteiger partial charge in [-0.25, -0.2) is 9.48 Å². The predicted molar refractivity (Wildman–Crippen MR) is 59.5 cm³/mol. The van der Waals surface area contributed by atoms with Crippen LogP contribution in [0.25, 0.3) is 0 Å². The van der Waals surface area contributed by atoms with E-state index in [-0.39, 0.29) is 18.1 Å². The third kappa shape index (κ3) is 3.86. The van der Waals surface area contributed by atoms with Gasteiger partial charge in [0, 0.05) is 13.6 Å². The molecule has 1 aromatic heterocycles. The maximum atomic E-state index is 11.7. The summed E-state index contributed by atoms with van der Waals surface area (Å²) in [5.41, 5.74) is -0.163. The number of nitrogens with zero attached hydrogens (tertiary/aromatic N) is 4. The van der Waals surface area contributed by atoms with Crippen LogP contribution in [0.4, 0.5) is 0 Å². The molecule has 0 atom stereocenters. The number of carboxylic acids is 1. The molecule has 7 heteroatoms. The number of carbonyl (C=O) groups is 2. The predicted octanol–water partition coefficient (Wildman–Crippen LogP) is 0.0907. The van der Waals surface area contributed by atoms with Gasteiger partial charge in [0.25, 0.3) is 0 Å². The zero-order chi connectivity index (χ0) is 13.0. The number of carboxylic acid groups (broad SMARTS) is 1. The Kier molecular flexibility index (Phi) is 4.19.